The zero-order valence-corrected chi connectivity index (χ0v) is 10.1. The van der Waals surface area contributed by atoms with Crippen molar-refractivity contribution in [2.45, 2.75) is 12.3 Å². The van der Waals surface area contributed by atoms with Gasteiger partial charge in [0.1, 0.15) is 22.5 Å². The highest BCUT2D eigenvalue weighted by atomic mass is 35.5. The van der Waals surface area contributed by atoms with E-state index in [9.17, 15) is 13.2 Å². The van der Waals surface area contributed by atoms with Crippen LogP contribution in [-0.4, -0.2) is 10.2 Å². The summed E-state index contributed by atoms with van der Waals surface area (Å²) in [5.74, 6) is -2.99. The van der Waals surface area contributed by atoms with Crippen molar-refractivity contribution >= 4 is 22.9 Å². The lowest BCUT2D eigenvalue weighted by molar-refractivity contribution is 0.547. The van der Waals surface area contributed by atoms with E-state index in [0.29, 0.717) is 17.1 Å². The van der Waals surface area contributed by atoms with Crippen molar-refractivity contribution < 1.29 is 13.2 Å². The Balaban J connectivity index is 2.52. The van der Waals surface area contributed by atoms with Gasteiger partial charge in [-0.15, -0.1) is 21.8 Å². The van der Waals surface area contributed by atoms with Gasteiger partial charge >= 0.3 is 0 Å². The van der Waals surface area contributed by atoms with Crippen molar-refractivity contribution in [3.63, 3.8) is 0 Å². The van der Waals surface area contributed by atoms with E-state index in [1.54, 1.807) is 6.92 Å². The van der Waals surface area contributed by atoms with Gasteiger partial charge in [-0.1, -0.05) is 11.3 Å². The van der Waals surface area contributed by atoms with E-state index in [2.05, 4.69) is 10.2 Å². The molecule has 1 unspecified atom stereocenters. The molecule has 90 valence electrons. The van der Waals surface area contributed by atoms with Crippen LogP contribution in [0.5, 0.6) is 0 Å². The van der Waals surface area contributed by atoms with E-state index in [1.807, 2.05) is 0 Å². The fourth-order valence-electron chi connectivity index (χ4n) is 1.24. The molecule has 0 amide bonds. The van der Waals surface area contributed by atoms with Crippen molar-refractivity contribution in [3.05, 3.63) is 34.6 Å². The van der Waals surface area contributed by atoms with Crippen LogP contribution in [0.15, 0.2) is 12.1 Å². The summed E-state index contributed by atoms with van der Waals surface area (Å²) >= 11 is 6.74. The fourth-order valence-corrected chi connectivity index (χ4v) is 2.24. The number of halogens is 4. The Bertz CT molecular complexity index is 533. The summed E-state index contributed by atoms with van der Waals surface area (Å²) in [5, 5.41) is 7.44. The number of hydrogen-bond acceptors (Lipinski definition) is 3. The van der Waals surface area contributed by atoms with Crippen LogP contribution in [0.2, 0.25) is 0 Å². The number of rotatable bonds is 2. The van der Waals surface area contributed by atoms with Gasteiger partial charge in [-0.2, -0.15) is 0 Å². The van der Waals surface area contributed by atoms with Gasteiger partial charge in [-0.05, 0) is 6.92 Å². The maximum Gasteiger partial charge on any atom is 0.153 e. The first-order valence-corrected chi connectivity index (χ1v) is 5.86. The van der Waals surface area contributed by atoms with Gasteiger partial charge in [0.05, 0.1) is 10.9 Å². The minimum absolute atomic E-state index is 0.0440. The fraction of sp³-hybridized carbons (Fsp3) is 0.200. The molecule has 7 heteroatoms. The predicted octanol–water partition coefficient (Wildman–Crippen LogP) is 3.92. The largest absolute Gasteiger partial charge is 0.207 e. The standard InChI is InChI=1S/C10H6ClF3N2S/c1-4(11)9-15-16-10(17-9)8-6(13)2-5(12)3-7(8)14/h2-4H,1H3. The molecule has 1 aromatic heterocycles. The molecule has 0 bridgehead atoms. The van der Waals surface area contributed by atoms with Crippen LogP contribution < -0.4 is 0 Å². The highest BCUT2D eigenvalue weighted by Crippen LogP contribution is 2.32. The molecule has 2 aromatic rings. The third kappa shape index (κ3) is 2.42. The second-order valence-corrected chi connectivity index (χ2v) is 4.97. The van der Waals surface area contributed by atoms with Gasteiger partial charge < -0.3 is 0 Å². The topological polar surface area (TPSA) is 25.8 Å². The summed E-state index contributed by atoms with van der Waals surface area (Å²) in [6.45, 7) is 1.67. The summed E-state index contributed by atoms with van der Waals surface area (Å²) in [6.07, 6.45) is 0. The zero-order chi connectivity index (χ0) is 12.6. The molecule has 0 aliphatic carbocycles. The normalized spacial score (nSPS) is 12.8. The number of aromatic nitrogens is 2. The van der Waals surface area contributed by atoms with Gasteiger partial charge in [-0.25, -0.2) is 13.2 Å². The quantitative estimate of drug-likeness (QED) is 0.778. The Labute approximate surface area is 104 Å². The van der Waals surface area contributed by atoms with E-state index < -0.39 is 22.8 Å². The van der Waals surface area contributed by atoms with Crippen molar-refractivity contribution in [1.82, 2.24) is 10.2 Å². The summed E-state index contributed by atoms with van der Waals surface area (Å²) in [4.78, 5) is 0. The molecule has 0 aliphatic rings. The third-order valence-electron chi connectivity index (χ3n) is 2.00. The Kier molecular flexibility index (Phi) is 3.35. The molecule has 0 spiro atoms. The maximum atomic E-state index is 13.4. The van der Waals surface area contributed by atoms with E-state index >= 15 is 0 Å². The molecule has 1 aromatic carbocycles. The Morgan fingerprint density at radius 1 is 1.18 bits per heavy atom. The molecule has 0 fully saturated rings. The molecule has 17 heavy (non-hydrogen) atoms. The van der Waals surface area contributed by atoms with Crippen LogP contribution in [0.3, 0.4) is 0 Å². The Morgan fingerprint density at radius 3 is 2.24 bits per heavy atom. The molecule has 2 rings (SSSR count). The van der Waals surface area contributed by atoms with Crippen LogP contribution in [0, 0.1) is 17.5 Å². The lowest BCUT2D eigenvalue weighted by atomic mass is 10.2. The van der Waals surface area contributed by atoms with Crippen LogP contribution >= 0.6 is 22.9 Å². The highest BCUT2D eigenvalue weighted by molar-refractivity contribution is 7.15. The highest BCUT2D eigenvalue weighted by Gasteiger charge is 2.19. The summed E-state index contributed by atoms with van der Waals surface area (Å²) in [6, 6.07) is 1.20. The van der Waals surface area contributed by atoms with Gasteiger partial charge in [0, 0.05) is 12.1 Å². The molecule has 0 aliphatic heterocycles. The lowest BCUT2D eigenvalue weighted by Gasteiger charge is -2.00. The zero-order valence-electron chi connectivity index (χ0n) is 8.55. The van der Waals surface area contributed by atoms with Crippen LogP contribution in [0.4, 0.5) is 13.2 Å². The molecule has 1 heterocycles. The minimum atomic E-state index is -1.01. The Hall–Kier alpha value is -1.14. The minimum Gasteiger partial charge on any atom is -0.207 e. The van der Waals surface area contributed by atoms with Crippen molar-refractivity contribution in [2.75, 3.05) is 0 Å². The second kappa shape index (κ2) is 4.62. The average Bonchev–Trinajstić information content (AvgIpc) is 2.65. The van der Waals surface area contributed by atoms with Crippen molar-refractivity contribution in [1.29, 1.82) is 0 Å². The van der Waals surface area contributed by atoms with Crippen LogP contribution in [0.1, 0.15) is 17.3 Å². The van der Waals surface area contributed by atoms with Gasteiger partial charge in [-0.3, -0.25) is 0 Å². The lowest BCUT2D eigenvalue weighted by Crippen LogP contribution is -1.91. The van der Waals surface area contributed by atoms with Gasteiger partial charge in [0.15, 0.2) is 5.01 Å². The van der Waals surface area contributed by atoms with Gasteiger partial charge in [0.25, 0.3) is 0 Å². The smallest absolute Gasteiger partial charge is 0.153 e. The summed E-state index contributed by atoms with van der Waals surface area (Å²) < 4.78 is 39.6. The van der Waals surface area contributed by atoms with E-state index in [4.69, 9.17) is 11.6 Å². The molecule has 2 nitrogen and oxygen atoms in total. The van der Waals surface area contributed by atoms with Crippen LogP contribution in [-0.2, 0) is 0 Å². The first-order valence-electron chi connectivity index (χ1n) is 4.61. The molecule has 0 saturated carbocycles. The molecule has 0 radical (unpaired) electrons. The summed E-state index contributed by atoms with van der Waals surface area (Å²) in [5.41, 5.74) is -0.382. The summed E-state index contributed by atoms with van der Waals surface area (Å²) in [7, 11) is 0. The molecule has 0 N–H and O–H groups in total. The SMILES string of the molecule is CC(Cl)c1nnc(-c2c(F)cc(F)cc2F)s1. The van der Waals surface area contributed by atoms with E-state index in [-0.39, 0.29) is 10.6 Å². The van der Waals surface area contributed by atoms with E-state index in [1.165, 1.54) is 0 Å². The predicted molar refractivity (Wildman–Crippen MR) is 59.5 cm³/mol. The molecule has 0 saturated heterocycles. The molecular formula is C10H6ClF3N2S. The van der Waals surface area contributed by atoms with Crippen molar-refractivity contribution in [2.24, 2.45) is 0 Å². The number of benzene rings is 1. The Morgan fingerprint density at radius 2 is 1.76 bits per heavy atom. The number of nitrogens with zero attached hydrogens (tertiary/aromatic N) is 2. The molecule has 1 atom stereocenters. The van der Waals surface area contributed by atoms with E-state index in [0.717, 1.165) is 11.3 Å². The maximum absolute atomic E-state index is 13.4. The van der Waals surface area contributed by atoms with Gasteiger partial charge in [0.2, 0.25) is 0 Å². The monoisotopic (exact) mass is 278 g/mol. The van der Waals surface area contributed by atoms with Crippen LogP contribution in [0.25, 0.3) is 10.6 Å². The van der Waals surface area contributed by atoms with Crippen molar-refractivity contribution in [3.8, 4) is 10.6 Å². The first kappa shape index (κ1) is 12.3. The second-order valence-electron chi connectivity index (χ2n) is 3.31. The average molecular weight is 279 g/mol. The first-order chi connectivity index (χ1) is 7.99. The third-order valence-corrected chi connectivity index (χ3v) is 3.46. The molecular weight excluding hydrogens is 273 g/mol. The number of alkyl halides is 1. The number of hydrogen-bond donors (Lipinski definition) is 0.